The van der Waals surface area contributed by atoms with Crippen molar-refractivity contribution in [1.29, 1.82) is 0 Å². The van der Waals surface area contributed by atoms with Gasteiger partial charge in [0, 0.05) is 12.0 Å². The lowest BCUT2D eigenvalue weighted by molar-refractivity contribution is -0.142. The van der Waals surface area contributed by atoms with Crippen molar-refractivity contribution in [3.63, 3.8) is 0 Å². The lowest BCUT2D eigenvalue weighted by Crippen LogP contribution is -2.43. The summed E-state index contributed by atoms with van der Waals surface area (Å²) in [5.41, 5.74) is 4.65. The molecule has 1 amide bonds. The SMILES string of the molecule is COC(=O)[C@H](Cc1ccccc1C)NC(=O)c1cc(C)cc(C)c1. The van der Waals surface area contributed by atoms with Crippen LogP contribution in [0.1, 0.15) is 32.6 Å². The van der Waals surface area contributed by atoms with Gasteiger partial charge in [0.15, 0.2) is 0 Å². The summed E-state index contributed by atoms with van der Waals surface area (Å²) in [6.45, 7) is 5.86. The molecular formula is C20H23NO3. The molecule has 0 bridgehead atoms. The average Bonchev–Trinajstić information content (AvgIpc) is 2.54. The minimum absolute atomic E-state index is 0.272. The number of esters is 1. The molecule has 24 heavy (non-hydrogen) atoms. The monoisotopic (exact) mass is 325 g/mol. The normalized spacial score (nSPS) is 11.7. The molecule has 4 nitrogen and oxygen atoms in total. The van der Waals surface area contributed by atoms with E-state index in [4.69, 9.17) is 4.74 Å². The molecule has 0 radical (unpaired) electrons. The summed E-state index contributed by atoms with van der Waals surface area (Å²) in [5.74, 6) is -0.721. The van der Waals surface area contributed by atoms with Crippen molar-refractivity contribution >= 4 is 11.9 Å². The molecule has 0 saturated heterocycles. The molecule has 0 unspecified atom stereocenters. The average molecular weight is 325 g/mol. The topological polar surface area (TPSA) is 55.4 Å². The second-order valence-corrected chi connectivity index (χ2v) is 6.06. The smallest absolute Gasteiger partial charge is 0.328 e. The van der Waals surface area contributed by atoms with E-state index >= 15 is 0 Å². The van der Waals surface area contributed by atoms with Crippen LogP contribution in [0.25, 0.3) is 0 Å². The van der Waals surface area contributed by atoms with Gasteiger partial charge in [0.1, 0.15) is 6.04 Å². The van der Waals surface area contributed by atoms with Gasteiger partial charge in [0.2, 0.25) is 0 Å². The standard InChI is InChI=1S/C20H23NO3/c1-13-9-14(2)11-17(10-13)19(22)21-18(20(23)24-4)12-16-8-6-5-7-15(16)3/h5-11,18H,12H2,1-4H3,(H,21,22)/t18-/m0/s1. The Kier molecular flexibility index (Phi) is 5.74. The van der Waals surface area contributed by atoms with Gasteiger partial charge in [-0.05, 0) is 44.0 Å². The van der Waals surface area contributed by atoms with Crippen molar-refractivity contribution in [2.75, 3.05) is 7.11 Å². The van der Waals surface area contributed by atoms with Crippen LogP contribution in [0.2, 0.25) is 0 Å². The number of rotatable bonds is 5. The van der Waals surface area contributed by atoms with Crippen molar-refractivity contribution in [3.8, 4) is 0 Å². The fourth-order valence-electron chi connectivity index (χ4n) is 2.74. The lowest BCUT2D eigenvalue weighted by Gasteiger charge is -2.18. The van der Waals surface area contributed by atoms with Gasteiger partial charge in [-0.15, -0.1) is 0 Å². The maximum atomic E-state index is 12.5. The summed E-state index contributed by atoms with van der Waals surface area (Å²) >= 11 is 0. The van der Waals surface area contributed by atoms with Gasteiger partial charge in [-0.1, -0.05) is 41.5 Å². The Morgan fingerprint density at radius 3 is 2.25 bits per heavy atom. The van der Waals surface area contributed by atoms with Crippen LogP contribution in [0.3, 0.4) is 0 Å². The van der Waals surface area contributed by atoms with E-state index in [0.717, 1.165) is 22.3 Å². The van der Waals surface area contributed by atoms with Gasteiger partial charge in [-0.2, -0.15) is 0 Å². The van der Waals surface area contributed by atoms with Gasteiger partial charge >= 0.3 is 5.97 Å². The van der Waals surface area contributed by atoms with E-state index in [1.807, 2.05) is 63.2 Å². The van der Waals surface area contributed by atoms with Crippen molar-refractivity contribution in [2.45, 2.75) is 33.2 Å². The number of amides is 1. The molecule has 0 aliphatic carbocycles. The predicted octanol–water partition coefficient (Wildman–Crippen LogP) is 3.13. The molecule has 0 spiro atoms. The molecule has 0 saturated carbocycles. The highest BCUT2D eigenvalue weighted by Crippen LogP contribution is 2.13. The fraction of sp³-hybridized carbons (Fsp3) is 0.300. The molecule has 2 aromatic rings. The minimum atomic E-state index is -0.718. The molecule has 1 N–H and O–H groups in total. The highest BCUT2D eigenvalue weighted by atomic mass is 16.5. The van der Waals surface area contributed by atoms with E-state index in [-0.39, 0.29) is 5.91 Å². The van der Waals surface area contributed by atoms with Gasteiger partial charge in [0.25, 0.3) is 5.91 Å². The first-order valence-electron chi connectivity index (χ1n) is 7.92. The van der Waals surface area contributed by atoms with E-state index < -0.39 is 12.0 Å². The Morgan fingerprint density at radius 1 is 1.04 bits per heavy atom. The first kappa shape index (κ1) is 17.7. The summed E-state index contributed by atoms with van der Waals surface area (Å²) in [6, 6.07) is 12.7. The van der Waals surface area contributed by atoms with E-state index in [1.165, 1.54) is 7.11 Å². The Balaban J connectivity index is 2.21. The Bertz CT molecular complexity index is 732. The molecule has 0 fully saturated rings. The van der Waals surface area contributed by atoms with Crippen LogP contribution in [0.5, 0.6) is 0 Å². The van der Waals surface area contributed by atoms with Gasteiger partial charge in [0.05, 0.1) is 7.11 Å². The number of methoxy groups -OCH3 is 1. The third-order valence-corrected chi connectivity index (χ3v) is 3.96. The Morgan fingerprint density at radius 2 is 1.67 bits per heavy atom. The van der Waals surface area contributed by atoms with E-state index in [0.29, 0.717) is 12.0 Å². The maximum absolute atomic E-state index is 12.5. The molecule has 0 aliphatic heterocycles. The quantitative estimate of drug-likeness (QED) is 0.859. The molecular weight excluding hydrogens is 302 g/mol. The third-order valence-electron chi connectivity index (χ3n) is 3.96. The van der Waals surface area contributed by atoms with Crippen molar-refractivity contribution < 1.29 is 14.3 Å². The Labute approximate surface area is 142 Å². The van der Waals surface area contributed by atoms with Crippen LogP contribution in [-0.4, -0.2) is 25.0 Å². The summed E-state index contributed by atoms with van der Waals surface area (Å²) < 4.78 is 4.85. The number of nitrogens with one attached hydrogen (secondary N) is 1. The number of ether oxygens (including phenoxy) is 1. The van der Waals surface area contributed by atoms with Crippen LogP contribution in [0.15, 0.2) is 42.5 Å². The third kappa shape index (κ3) is 4.44. The molecule has 0 aliphatic rings. The first-order chi connectivity index (χ1) is 11.4. The zero-order valence-electron chi connectivity index (χ0n) is 14.6. The number of aryl methyl sites for hydroxylation is 3. The van der Waals surface area contributed by atoms with Crippen molar-refractivity contribution in [3.05, 3.63) is 70.3 Å². The van der Waals surface area contributed by atoms with Gasteiger partial charge in [-0.25, -0.2) is 4.79 Å². The van der Waals surface area contributed by atoms with Crippen LogP contribution in [-0.2, 0) is 16.0 Å². The molecule has 126 valence electrons. The molecule has 2 aromatic carbocycles. The van der Waals surface area contributed by atoms with Gasteiger partial charge < -0.3 is 10.1 Å². The molecule has 1 atom stereocenters. The summed E-state index contributed by atoms with van der Waals surface area (Å²) in [5, 5.41) is 2.80. The van der Waals surface area contributed by atoms with Crippen molar-refractivity contribution in [1.82, 2.24) is 5.32 Å². The number of benzene rings is 2. The molecule has 0 aromatic heterocycles. The van der Waals surface area contributed by atoms with Crippen LogP contribution in [0.4, 0.5) is 0 Å². The number of hydrogen-bond acceptors (Lipinski definition) is 3. The summed E-state index contributed by atoms with van der Waals surface area (Å²) in [4.78, 5) is 24.6. The van der Waals surface area contributed by atoms with Crippen molar-refractivity contribution in [2.24, 2.45) is 0 Å². The predicted molar refractivity (Wildman–Crippen MR) is 94.1 cm³/mol. The Hall–Kier alpha value is -2.62. The fourth-order valence-corrected chi connectivity index (χ4v) is 2.74. The largest absolute Gasteiger partial charge is 0.467 e. The highest BCUT2D eigenvalue weighted by molar-refractivity contribution is 5.97. The second kappa shape index (κ2) is 7.77. The zero-order chi connectivity index (χ0) is 17.7. The van der Waals surface area contributed by atoms with Crippen LogP contribution < -0.4 is 5.32 Å². The molecule has 4 heteroatoms. The maximum Gasteiger partial charge on any atom is 0.328 e. The van der Waals surface area contributed by atoms with E-state index in [9.17, 15) is 9.59 Å². The van der Waals surface area contributed by atoms with Gasteiger partial charge in [-0.3, -0.25) is 4.79 Å². The number of carbonyl (C=O) groups excluding carboxylic acids is 2. The number of carbonyl (C=O) groups is 2. The van der Waals surface area contributed by atoms with E-state index in [1.54, 1.807) is 0 Å². The molecule has 0 heterocycles. The second-order valence-electron chi connectivity index (χ2n) is 6.06. The zero-order valence-corrected chi connectivity index (χ0v) is 14.6. The number of hydrogen-bond donors (Lipinski definition) is 1. The first-order valence-corrected chi connectivity index (χ1v) is 7.92. The highest BCUT2D eigenvalue weighted by Gasteiger charge is 2.23. The van der Waals surface area contributed by atoms with Crippen LogP contribution >= 0.6 is 0 Å². The summed E-state index contributed by atoms with van der Waals surface area (Å²) in [7, 11) is 1.33. The van der Waals surface area contributed by atoms with Crippen LogP contribution in [0, 0.1) is 20.8 Å². The van der Waals surface area contributed by atoms with E-state index in [2.05, 4.69) is 5.32 Å². The molecule has 2 rings (SSSR count). The lowest BCUT2D eigenvalue weighted by atomic mass is 10.0. The summed E-state index contributed by atoms with van der Waals surface area (Å²) in [6.07, 6.45) is 0.399. The minimum Gasteiger partial charge on any atom is -0.467 e.